The van der Waals surface area contributed by atoms with E-state index in [0.29, 0.717) is 18.1 Å². The highest BCUT2D eigenvalue weighted by molar-refractivity contribution is 6.04. The van der Waals surface area contributed by atoms with Crippen molar-refractivity contribution in [2.75, 3.05) is 6.54 Å². The zero-order chi connectivity index (χ0) is 15.1. The fraction of sp³-hybridized carbons (Fsp3) is 0.312. The van der Waals surface area contributed by atoms with Crippen LogP contribution in [-0.4, -0.2) is 39.3 Å². The van der Waals surface area contributed by atoms with Crippen molar-refractivity contribution in [3.8, 4) is 11.5 Å². The zero-order valence-electron chi connectivity index (χ0n) is 11.9. The number of carbonyl (C=O) groups is 2. The van der Waals surface area contributed by atoms with Crippen LogP contribution >= 0.6 is 0 Å². The summed E-state index contributed by atoms with van der Waals surface area (Å²) < 4.78 is 5.45. The Bertz CT molecular complexity index is 703. The summed E-state index contributed by atoms with van der Waals surface area (Å²) in [6, 6.07) is 9.05. The van der Waals surface area contributed by atoms with Crippen LogP contribution in [-0.2, 0) is 11.3 Å². The minimum atomic E-state index is -0.270. The maximum absolute atomic E-state index is 12.3. The molecule has 6 heteroatoms. The van der Waals surface area contributed by atoms with E-state index < -0.39 is 0 Å². The summed E-state index contributed by atoms with van der Waals surface area (Å²) in [5, 5.41) is 0. The highest BCUT2D eigenvalue weighted by Crippen LogP contribution is 2.28. The quantitative estimate of drug-likeness (QED) is 0.815. The number of nitrogens with zero attached hydrogens (tertiary/aromatic N) is 3. The summed E-state index contributed by atoms with van der Waals surface area (Å²) >= 11 is 0. The third-order valence-corrected chi connectivity index (χ3v) is 4.17. The number of oxazole rings is 1. The van der Waals surface area contributed by atoms with Gasteiger partial charge in [-0.3, -0.25) is 9.69 Å². The fourth-order valence-electron chi connectivity index (χ4n) is 3.08. The third kappa shape index (κ3) is 1.99. The van der Waals surface area contributed by atoms with Crippen molar-refractivity contribution in [1.29, 1.82) is 0 Å². The molecular formula is C16H15N3O3. The van der Waals surface area contributed by atoms with E-state index in [1.807, 2.05) is 30.3 Å². The highest BCUT2D eigenvalue weighted by Gasteiger charge is 2.47. The summed E-state index contributed by atoms with van der Waals surface area (Å²) in [5.74, 6) is 0.377. The number of hydrogen-bond acceptors (Lipinski definition) is 4. The Morgan fingerprint density at radius 2 is 2.05 bits per heavy atom. The molecule has 2 aliphatic heterocycles. The lowest BCUT2D eigenvalue weighted by atomic mass is 10.2. The van der Waals surface area contributed by atoms with Crippen molar-refractivity contribution in [2.45, 2.75) is 25.4 Å². The van der Waals surface area contributed by atoms with E-state index in [4.69, 9.17) is 4.42 Å². The number of hydrogen-bond donors (Lipinski definition) is 0. The van der Waals surface area contributed by atoms with E-state index in [1.54, 1.807) is 4.90 Å². The Morgan fingerprint density at radius 1 is 1.23 bits per heavy atom. The highest BCUT2D eigenvalue weighted by atomic mass is 16.3. The maximum Gasteiger partial charge on any atom is 0.327 e. The topological polar surface area (TPSA) is 66.7 Å². The van der Waals surface area contributed by atoms with E-state index in [-0.39, 0.29) is 24.5 Å². The molecule has 6 nitrogen and oxygen atoms in total. The lowest BCUT2D eigenvalue weighted by Crippen LogP contribution is -2.32. The van der Waals surface area contributed by atoms with Gasteiger partial charge in [-0.15, -0.1) is 0 Å². The molecule has 1 aromatic heterocycles. The number of imide groups is 1. The van der Waals surface area contributed by atoms with Gasteiger partial charge in [0.2, 0.25) is 5.89 Å². The summed E-state index contributed by atoms with van der Waals surface area (Å²) in [4.78, 5) is 31.8. The molecule has 0 spiro atoms. The number of fused-ring (bicyclic) bond motifs is 1. The second kappa shape index (κ2) is 4.98. The van der Waals surface area contributed by atoms with Crippen LogP contribution in [0.3, 0.4) is 0 Å². The minimum absolute atomic E-state index is 0.119. The zero-order valence-corrected chi connectivity index (χ0v) is 11.9. The Kier molecular flexibility index (Phi) is 2.96. The molecule has 22 heavy (non-hydrogen) atoms. The first-order valence-electron chi connectivity index (χ1n) is 7.36. The molecule has 2 saturated heterocycles. The second-order valence-corrected chi connectivity index (χ2v) is 5.57. The SMILES string of the molecule is O=C1[C@H]2CCCN2C(=O)N1Cc1coc(-c2ccccc2)n1. The Labute approximate surface area is 127 Å². The molecule has 0 saturated carbocycles. The van der Waals surface area contributed by atoms with Gasteiger partial charge in [0.1, 0.15) is 12.3 Å². The molecule has 1 atom stereocenters. The standard InChI is InChI=1S/C16H15N3O3/c20-15-13-7-4-8-18(13)16(21)19(15)9-12-10-22-14(17-12)11-5-2-1-3-6-11/h1-3,5-6,10,13H,4,7-9H2/t13-/m1/s1. The molecule has 1 aromatic carbocycles. The Balaban J connectivity index is 1.54. The molecule has 2 fully saturated rings. The van der Waals surface area contributed by atoms with Crippen LogP contribution in [0.1, 0.15) is 18.5 Å². The molecule has 0 radical (unpaired) electrons. The van der Waals surface area contributed by atoms with E-state index in [1.165, 1.54) is 11.2 Å². The number of urea groups is 1. The summed E-state index contributed by atoms with van der Waals surface area (Å²) in [6.45, 7) is 0.834. The van der Waals surface area contributed by atoms with Gasteiger partial charge in [-0.25, -0.2) is 9.78 Å². The van der Waals surface area contributed by atoms with Crippen LogP contribution in [0.25, 0.3) is 11.5 Å². The van der Waals surface area contributed by atoms with Crippen LogP contribution in [0, 0.1) is 0 Å². The van der Waals surface area contributed by atoms with Crippen LogP contribution in [0.15, 0.2) is 41.0 Å². The van der Waals surface area contributed by atoms with Gasteiger partial charge in [0.25, 0.3) is 5.91 Å². The van der Waals surface area contributed by atoms with Gasteiger partial charge in [0.15, 0.2) is 0 Å². The monoisotopic (exact) mass is 297 g/mol. The van der Waals surface area contributed by atoms with Gasteiger partial charge in [-0.05, 0) is 25.0 Å². The van der Waals surface area contributed by atoms with E-state index in [0.717, 1.165) is 18.4 Å². The van der Waals surface area contributed by atoms with Crippen molar-refractivity contribution < 1.29 is 14.0 Å². The smallest absolute Gasteiger partial charge is 0.327 e. The van der Waals surface area contributed by atoms with E-state index >= 15 is 0 Å². The summed E-state index contributed by atoms with van der Waals surface area (Å²) in [5.41, 5.74) is 1.45. The second-order valence-electron chi connectivity index (χ2n) is 5.57. The van der Waals surface area contributed by atoms with Gasteiger partial charge in [-0.2, -0.15) is 0 Å². The molecule has 112 valence electrons. The maximum atomic E-state index is 12.3. The molecule has 4 rings (SSSR count). The fourth-order valence-corrected chi connectivity index (χ4v) is 3.08. The lowest BCUT2D eigenvalue weighted by Gasteiger charge is -2.13. The van der Waals surface area contributed by atoms with Gasteiger partial charge < -0.3 is 9.32 Å². The van der Waals surface area contributed by atoms with Crippen LogP contribution in [0.2, 0.25) is 0 Å². The minimum Gasteiger partial charge on any atom is -0.444 e. The molecule has 3 heterocycles. The van der Waals surface area contributed by atoms with Crippen molar-refractivity contribution in [3.05, 3.63) is 42.3 Å². The van der Waals surface area contributed by atoms with Gasteiger partial charge in [-0.1, -0.05) is 18.2 Å². The molecule has 0 aliphatic carbocycles. The van der Waals surface area contributed by atoms with Gasteiger partial charge in [0.05, 0.1) is 12.2 Å². The van der Waals surface area contributed by atoms with Gasteiger partial charge >= 0.3 is 6.03 Å². The Morgan fingerprint density at radius 3 is 2.82 bits per heavy atom. The first-order chi connectivity index (χ1) is 10.7. The molecule has 3 amide bonds. The number of benzene rings is 1. The lowest BCUT2D eigenvalue weighted by molar-refractivity contribution is -0.128. The number of carbonyl (C=O) groups excluding carboxylic acids is 2. The largest absolute Gasteiger partial charge is 0.444 e. The third-order valence-electron chi connectivity index (χ3n) is 4.17. The normalized spacial score (nSPS) is 20.8. The number of amides is 3. The first-order valence-corrected chi connectivity index (χ1v) is 7.36. The average molecular weight is 297 g/mol. The predicted molar refractivity (Wildman–Crippen MR) is 77.6 cm³/mol. The molecular weight excluding hydrogens is 282 g/mol. The first kappa shape index (κ1) is 13.1. The number of rotatable bonds is 3. The molecule has 0 unspecified atom stereocenters. The van der Waals surface area contributed by atoms with Crippen LogP contribution < -0.4 is 0 Å². The molecule has 2 aliphatic rings. The van der Waals surface area contributed by atoms with Crippen molar-refractivity contribution >= 4 is 11.9 Å². The van der Waals surface area contributed by atoms with Crippen molar-refractivity contribution in [2.24, 2.45) is 0 Å². The Hall–Kier alpha value is -2.63. The van der Waals surface area contributed by atoms with E-state index in [9.17, 15) is 9.59 Å². The van der Waals surface area contributed by atoms with Crippen LogP contribution in [0.4, 0.5) is 4.79 Å². The molecule has 0 bridgehead atoms. The van der Waals surface area contributed by atoms with Crippen molar-refractivity contribution in [1.82, 2.24) is 14.8 Å². The molecule has 0 N–H and O–H groups in total. The van der Waals surface area contributed by atoms with Crippen LogP contribution in [0.5, 0.6) is 0 Å². The number of aromatic nitrogens is 1. The summed E-state index contributed by atoms with van der Waals surface area (Å²) in [7, 11) is 0. The van der Waals surface area contributed by atoms with Gasteiger partial charge in [0, 0.05) is 12.1 Å². The predicted octanol–water partition coefficient (Wildman–Crippen LogP) is 2.27. The molecule has 2 aromatic rings. The average Bonchev–Trinajstić information content (AvgIpc) is 3.25. The van der Waals surface area contributed by atoms with E-state index in [2.05, 4.69) is 4.98 Å². The van der Waals surface area contributed by atoms with Crippen molar-refractivity contribution in [3.63, 3.8) is 0 Å². The summed E-state index contributed by atoms with van der Waals surface area (Å²) in [6.07, 6.45) is 3.17.